The molecular formula is C17H27F2IN4O3S. The van der Waals surface area contributed by atoms with Crippen molar-refractivity contribution < 1.29 is 21.9 Å². The van der Waals surface area contributed by atoms with Gasteiger partial charge in [-0.3, -0.25) is 4.99 Å². The molecule has 0 unspecified atom stereocenters. The number of halogens is 3. The zero-order valence-corrected chi connectivity index (χ0v) is 19.3. The second-order valence-corrected chi connectivity index (χ2v) is 8.40. The van der Waals surface area contributed by atoms with Crippen LogP contribution in [0.3, 0.4) is 0 Å². The monoisotopic (exact) mass is 532 g/mol. The van der Waals surface area contributed by atoms with Crippen LogP contribution in [0.25, 0.3) is 0 Å². The SMILES string of the molecule is CN=C(NCc1cc(C)ccc1OC(F)F)NC[C@H]1CCCN1S(C)(=O)=O.I. The average molecular weight is 532 g/mol. The van der Waals surface area contributed by atoms with Crippen molar-refractivity contribution in [2.45, 2.75) is 39.0 Å². The maximum atomic E-state index is 12.6. The Balaban J connectivity index is 0.00000392. The molecular weight excluding hydrogens is 505 g/mol. The van der Waals surface area contributed by atoms with Crippen LogP contribution in [0.4, 0.5) is 8.78 Å². The lowest BCUT2D eigenvalue weighted by Crippen LogP contribution is -2.46. The van der Waals surface area contributed by atoms with E-state index in [0.717, 1.165) is 18.4 Å². The summed E-state index contributed by atoms with van der Waals surface area (Å²) in [5.74, 6) is 0.567. The quantitative estimate of drug-likeness (QED) is 0.320. The van der Waals surface area contributed by atoms with E-state index in [0.29, 0.717) is 24.6 Å². The van der Waals surface area contributed by atoms with Crippen LogP contribution in [0.1, 0.15) is 24.0 Å². The number of nitrogens with zero attached hydrogens (tertiary/aromatic N) is 2. The molecule has 0 radical (unpaired) electrons. The van der Waals surface area contributed by atoms with Crippen LogP contribution < -0.4 is 15.4 Å². The molecule has 28 heavy (non-hydrogen) atoms. The standard InChI is InChI=1S/C17H26F2N4O3S.HI/c1-12-6-7-15(26-16(18)19)13(9-12)10-21-17(20-2)22-11-14-5-4-8-23(14)27(3,24)25;/h6-7,9,14,16H,4-5,8,10-11H2,1-3H3,(H2,20,21,22);1H/t14-;/m1./s1. The molecule has 0 spiro atoms. The maximum absolute atomic E-state index is 12.6. The summed E-state index contributed by atoms with van der Waals surface area (Å²) < 4.78 is 54.8. The van der Waals surface area contributed by atoms with Crippen molar-refractivity contribution in [3.05, 3.63) is 29.3 Å². The van der Waals surface area contributed by atoms with E-state index in [1.54, 1.807) is 19.2 Å². The molecule has 1 aliphatic heterocycles. The maximum Gasteiger partial charge on any atom is 0.387 e. The number of aryl methyl sites for hydroxylation is 1. The summed E-state index contributed by atoms with van der Waals surface area (Å²) in [4.78, 5) is 4.10. The summed E-state index contributed by atoms with van der Waals surface area (Å²) in [6.45, 7) is 0.149. The normalized spacial score (nSPS) is 18.1. The Kier molecular flexibility index (Phi) is 9.84. The number of hydrogen-bond acceptors (Lipinski definition) is 4. The van der Waals surface area contributed by atoms with Gasteiger partial charge in [-0.05, 0) is 25.8 Å². The van der Waals surface area contributed by atoms with Crippen molar-refractivity contribution in [1.82, 2.24) is 14.9 Å². The number of sulfonamides is 1. The molecule has 2 N–H and O–H groups in total. The number of nitrogens with one attached hydrogen (secondary N) is 2. The lowest BCUT2D eigenvalue weighted by atomic mass is 10.1. The molecule has 11 heteroatoms. The highest BCUT2D eigenvalue weighted by Crippen LogP contribution is 2.22. The number of aliphatic imine (C=N–C) groups is 1. The van der Waals surface area contributed by atoms with Gasteiger partial charge >= 0.3 is 6.61 Å². The molecule has 0 aliphatic carbocycles. The Hall–Kier alpha value is -1.21. The van der Waals surface area contributed by atoms with E-state index in [2.05, 4.69) is 20.4 Å². The van der Waals surface area contributed by atoms with E-state index in [4.69, 9.17) is 0 Å². The lowest BCUT2D eigenvalue weighted by Gasteiger charge is -2.23. The summed E-state index contributed by atoms with van der Waals surface area (Å²) >= 11 is 0. The van der Waals surface area contributed by atoms with Crippen LogP contribution in [-0.2, 0) is 16.6 Å². The average Bonchev–Trinajstić information content (AvgIpc) is 3.06. The van der Waals surface area contributed by atoms with Crippen molar-refractivity contribution >= 4 is 40.0 Å². The Morgan fingerprint density at radius 3 is 2.71 bits per heavy atom. The van der Waals surface area contributed by atoms with E-state index < -0.39 is 16.6 Å². The van der Waals surface area contributed by atoms with Gasteiger partial charge in [-0.15, -0.1) is 24.0 Å². The third-order valence-electron chi connectivity index (χ3n) is 4.36. The molecule has 1 fully saturated rings. The molecule has 7 nitrogen and oxygen atoms in total. The summed E-state index contributed by atoms with van der Waals surface area (Å²) in [5, 5.41) is 6.15. The van der Waals surface area contributed by atoms with Crippen molar-refractivity contribution in [3.63, 3.8) is 0 Å². The first kappa shape index (κ1) is 24.8. The predicted molar refractivity (Wildman–Crippen MR) is 116 cm³/mol. The summed E-state index contributed by atoms with van der Waals surface area (Å²) in [6.07, 6.45) is 2.81. The smallest absolute Gasteiger partial charge is 0.387 e. The number of guanidine groups is 1. The molecule has 1 aliphatic rings. The van der Waals surface area contributed by atoms with Crippen LogP contribution in [0.5, 0.6) is 5.75 Å². The molecule has 0 bridgehead atoms. The summed E-state index contributed by atoms with van der Waals surface area (Å²) in [5.41, 5.74) is 1.50. The lowest BCUT2D eigenvalue weighted by molar-refractivity contribution is -0.0504. The number of rotatable bonds is 7. The van der Waals surface area contributed by atoms with Gasteiger partial charge in [0.15, 0.2) is 5.96 Å². The van der Waals surface area contributed by atoms with Gasteiger partial charge in [0.2, 0.25) is 10.0 Å². The van der Waals surface area contributed by atoms with Gasteiger partial charge in [-0.25, -0.2) is 8.42 Å². The molecule has 1 aromatic rings. The number of hydrogen-bond donors (Lipinski definition) is 2. The van der Waals surface area contributed by atoms with Gasteiger partial charge < -0.3 is 15.4 Å². The summed E-state index contributed by atoms with van der Waals surface area (Å²) in [6, 6.07) is 4.85. The van der Waals surface area contributed by atoms with Crippen LogP contribution >= 0.6 is 24.0 Å². The Bertz CT molecular complexity index is 778. The topological polar surface area (TPSA) is 83.0 Å². The molecule has 2 rings (SSSR count). The van der Waals surface area contributed by atoms with Crippen molar-refractivity contribution in [3.8, 4) is 5.75 Å². The van der Waals surface area contributed by atoms with Gasteiger partial charge in [0.05, 0.1) is 6.26 Å². The first-order chi connectivity index (χ1) is 12.7. The van der Waals surface area contributed by atoms with Gasteiger partial charge in [-0.1, -0.05) is 17.7 Å². The van der Waals surface area contributed by atoms with Crippen LogP contribution in [0.15, 0.2) is 23.2 Å². The molecule has 1 heterocycles. The molecule has 1 saturated heterocycles. The molecule has 0 saturated carbocycles. The van der Waals surface area contributed by atoms with Gasteiger partial charge in [0.25, 0.3) is 0 Å². The zero-order chi connectivity index (χ0) is 20.0. The minimum atomic E-state index is -3.24. The first-order valence-corrected chi connectivity index (χ1v) is 10.5. The van der Waals surface area contributed by atoms with Crippen LogP contribution in [-0.4, -0.2) is 57.7 Å². The highest BCUT2D eigenvalue weighted by atomic mass is 127. The van der Waals surface area contributed by atoms with Crippen molar-refractivity contribution in [1.29, 1.82) is 0 Å². The summed E-state index contributed by atoms with van der Waals surface area (Å²) in [7, 11) is -1.65. The van der Waals surface area contributed by atoms with Crippen LogP contribution in [0.2, 0.25) is 0 Å². The number of ether oxygens (including phenoxy) is 1. The third kappa shape index (κ3) is 7.32. The Morgan fingerprint density at radius 2 is 2.11 bits per heavy atom. The van der Waals surface area contributed by atoms with Crippen molar-refractivity contribution in [2.75, 3.05) is 26.4 Å². The van der Waals surface area contributed by atoms with E-state index >= 15 is 0 Å². The number of alkyl halides is 2. The zero-order valence-electron chi connectivity index (χ0n) is 16.1. The van der Waals surface area contributed by atoms with Gasteiger partial charge in [0.1, 0.15) is 5.75 Å². The highest BCUT2D eigenvalue weighted by molar-refractivity contribution is 14.0. The minimum Gasteiger partial charge on any atom is -0.434 e. The van der Waals surface area contributed by atoms with Gasteiger partial charge in [0, 0.05) is 38.3 Å². The number of benzene rings is 1. The first-order valence-electron chi connectivity index (χ1n) is 8.66. The predicted octanol–water partition coefficient (Wildman–Crippen LogP) is 2.30. The molecule has 160 valence electrons. The molecule has 0 aromatic heterocycles. The van der Waals surface area contributed by atoms with Crippen molar-refractivity contribution in [2.24, 2.45) is 4.99 Å². The fourth-order valence-corrected chi connectivity index (χ4v) is 4.30. The van der Waals surface area contributed by atoms with E-state index in [1.165, 1.54) is 16.6 Å². The molecule has 1 aromatic carbocycles. The largest absolute Gasteiger partial charge is 0.434 e. The van der Waals surface area contributed by atoms with E-state index in [-0.39, 0.29) is 42.3 Å². The van der Waals surface area contributed by atoms with Gasteiger partial charge in [-0.2, -0.15) is 13.1 Å². The van der Waals surface area contributed by atoms with Crippen LogP contribution in [0, 0.1) is 6.92 Å². The van der Waals surface area contributed by atoms with E-state index in [9.17, 15) is 17.2 Å². The fourth-order valence-electron chi connectivity index (χ4n) is 3.12. The fraction of sp³-hybridized carbons (Fsp3) is 0.588. The second kappa shape index (κ2) is 11.1. The third-order valence-corrected chi connectivity index (χ3v) is 5.69. The Labute approximate surface area is 182 Å². The Morgan fingerprint density at radius 1 is 1.39 bits per heavy atom. The molecule has 0 amide bonds. The second-order valence-electron chi connectivity index (χ2n) is 6.47. The highest BCUT2D eigenvalue weighted by Gasteiger charge is 2.31. The molecule has 1 atom stereocenters. The minimum absolute atomic E-state index is 0. The van der Waals surface area contributed by atoms with E-state index in [1.807, 2.05) is 6.92 Å².